The maximum Gasteiger partial charge on any atom is 0.324 e. The van der Waals surface area contributed by atoms with E-state index in [2.05, 4.69) is 0 Å². The highest BCUT2D eigenvalue weighted by Crippen LogP contribution is 2.45. The minimum atomic E-state index is -1.81. The molecule has 4 atom stereocenters. The van der Waals surface area contributed by atoms with Crippen LogP contribution in [-0.2, 0) is 19.1 Å². The summed E-state index contributed by atoms with van der Waals surface area (Å²) in [7, 11) is 0. The third-order valence-electron chi connectivity index (χ3n) is 3.49. The molecule has 1 fully saturated rings. The molecule has 0 aromatic carbocycles. The Morgan fingerprint density at radius 3 is 2.56 bits per heavy atom. The maximum absolute atomic E-state index is 12.2. The predicted molar refractivity (Wildman–Crippen MR) is 61.5 cm³/mol. The van der Waals surface area contributed by atoms with Gasteiger partial charge in [-0.15, -0.1) is 0 Å². The lowest BCUT2D eigenvalue weighted by atomic mass is 9.64. The lowest BCUT2D eigenvalue weighted by Crippen LogP contribution is -2.55. The van der Waals surface area contributed by atoms with E-state index >= 15 is 0 Å². The van der Waals surface area contributed by atoms with Crippen LogP contribution in [0.25, 0.3) is 0 Å². The van der Waals surface area contributed by atoms with Crippen molar-refractivity contribution in [1.29, 1.82) is 0 Å². The number of aliphatic hydroxyl groups excluding tert-OH is 1. The van der Waals surface area contributed by atoms with E-state index in [1.165, 1.54) is 19.1 Å². The standard InChI is InChI=1S/C13H14O5/c1-3-4-8-5-6-9(14)11(16)13(8)10(15)7(2)18-12(13)17/h3-8,11,16H,1-2H3/b4-3-/t7-,8+,11-,13-/m1/s1. The number of allylic oxidation sites excluding steroid dienone is 3. The zero-order valence-corrected chi connectivity index (χ0v) is 10.1. The molecule has 1 N–H and O–H groups in total. The van der Waals surface area contributed by atoms with E-state index in [4.69, 9.17) is 4.74 Å². The van der Waals surface area contributed by atoms with Crippen molar-refractivity contribution in [3.05, 3.63) is 24.3 Å². The number of cyclic esters (lactones) is 1. The summed E-state index contributed by atoms with van der Waals surface area (Å²) in [6.07, 6.45) is 3.34. The van der Waals surface area contributed by atoms with E-state index in [-0.39, 0.29) is 0 Å². The topological polar surface area (TPSA) is 80.7 Å². The Balaban J connectivity index is 2.62. The van der Waals surface area contributed by atoms with Crippen LogP contribution < -0.4 is 0 Å². The Morgan fingerprint density at radius 2 is 2.06 bits per heavy atom. The van der Waals surface area contributed by atoms with Crippen LogP contribution in [0.15, 0.2) is 24.3 Å². The van der Waals surface area contributed by atoms with Gasteiger partial charge in [0.15, 0.2) is 23.1 Å². The van der Waals surface area contributed by atoms with Gasteiger partial charge in [-0.3, -0.25) is 14.4 Å². The normalized spacial score (nSPS) is 39.9. The van der Waals surface area contributed by atoms with Crippen LogP contribution in [0.4, 0.5) is 0 Å². The van der Waals surface area contributed by atoms with Gasteiger partial charge in [-0.2, -0.15) is 0 Å². The van der Waals surface area contributed by atoms with Crippen LogP contribution in [-0.4, -0.2) is 34.9 Å². The fourth-order valence-corrected chi connectivity index (χ4v) is 2.57. The number of carbonyl (C=O) groups excluding carboxylic acids is 3. The zero-order chi connectivity index (χ0) is 13.5. The van der Waals surface area contributed by atoms with Gasteiger partial charge in [0.1, 0.15) is 6.10 Å². The smallest absolute Gasteiger partial charge is 0.324 e. The van der Waals surface area contributed by atoms with Gasteiger partial charge in [-0.25, -0.2) is 0 Å². The second-order valence-corrected chi connectivity index (χ2v) is 4.50. The first-order valence-corrected chi connectivity index (χ1v) is 5.74. The summed E-state index contributed by atoms with van der Waals surface area (Å²) in [6, 6.07) is 0. The lowest BCUT2D eigenvalue weighted by molar-refractivity contribution is -0.160. The first kappa shape index (κ1) is 12.7. The van der Waals surface area contributed by atoms with Gasteiger partial charge >= 0.3 is 5.97 Å². The third-order valence-corrected chi connectivity index (χ3v) is 3.49. The van der Waals surface area contributed by atoms with Crippen molar-refractivity contribution in [2.24, 2.45) is 11.3 Å². The van der Waals surface area contributed by atoms with Gasteiger partial charge in [-0.05, 0) is 19.9 Å². The molecule has 0 aromatic rings. The van der Waals surface area contributed by atoms with Gasteiger partial charge in [0.25, 0.3) is 0 Å². The van der Waals surface area contributed by atoms with E-state index in [1.807, 2.05) is 0 Å². The molecule has 0 unspecified atom stereocenters. The maximum atomic E-state index is 12.2. The van der Waals surface area contributed by atoms with Gasteiger partial charge in [0.05, 0.1) is 0 Å². The van der Waals surface area contributed by atoms with Gasteiger partial charge in [0, 0.05) is 5.92 Å². The molecule has 2 aliphatic rings. The number of rotatable bonds is 1. The average molecular weight is 250 g/mol. The summed E-state index contributed by atoms with van der Waals surface area (Å²) < 4.78 is 4.89. The van der Waals surface area contributed by atoms with Crippen LogP contribution in [0.5, 0.6) is 0 Å². The molecule has 0 bridgehead atoms. The van der Waals surface area contributed by atoms with Gasteiger partial charge < -0.3 is 9.84 Å². The minimum absolute atomic E-state index is 0.541. The number of esters is 1. The number of hydrogen-bond acceptors (Lipinski definition) is 5. The largest absolute Gasteiger partial charge is 0.454 e. The number of Topliss-reactive ketones (excluding diaryl/α,β-unsaturated/α-hetero) is 1. The molecule has 96 valence electrons. The van der Waals surface area contributed by atoms with Crippen LogP contribution in [0.2, 0.25) is 0 Å². The molecule has 5 nitrogen and oxygen atoms in total. The van der Waals surface area contributed by atoms with E-state index in [0.717, 1.165) is 0 Å². The number of ketones is 2. The molecular weight excluding hydrogens is 236 g/mol. The molecule has 0 amide bonds. The summed E-state index contributed by atoms with van der Waals surface area (Å²) in [5, 5.41) is 10.0. The van der Waals surface area contributed by atoms with Crippen molar-refractivity contribution < 1.29 is 24.2 Å². The number of aliphatic hydroxyl groups is 1. The van der Waals surface area contributed by atoms with Crippen LogP contribution in [0, 0.1) is 11.3 Å². The summed E-state index contributed by atoms with van der Waals surface area (Å²) in [4.78, 5) is 35.8. The van der Waals surface area contributed by atoms with Crippen molar-refractivity contribution in [2.75, 3.05) is 0 Å². The number of carbonyl (C=O) groups is 3. The third kappa shape index (κ3) is 1.40. The highest BCUT2D eigenvalue weighted by Gasteiger charge is 2.65. The Hall–Kier alpha value is -1.75. The lowest BCUT2D eigenvalue weighted by Gasteiger charge is -2.34. The second-order valence-electron chi connectivity index (χ2n) is 4.50. The average Bonchev–Trinajstić information content (AvgIpc) is 2.54. The molecule has 1 spiro atoms. The summed E-state index contributed by atoms with van der Waals surface area (Å²) in [5.41, 5.74) is -1.81. The van der Waals surface area contributed by atoms with Crippen molar-refractivity contribution >= 4 is 17.5 Å². The van der Waals surface area contributed by atoms with E-state index in [0.29, 0.717) is 0 Å². The van der Waals surface area contributed by atoms with Crippen LogP contribution in [0.1, 0.15) is 13.8 Å². The van der Waals surface area contributed by atoms with E-state index in [1.54, 1.807) is 19.1 Å². The highest BCUT2D eigenvalue weighted by molar-refractivity contribution is 6.17. The number of ether oxygens (including phenoxy) is 1. The summed E-state index contributed by atoms with van der Waals surface area (Å²) >= 11 is 0. The Morgan fingerprint density at radius 1 is 1.39 bits per heavy atom. The van der Waals surface area contributed by atoms with Crippen molar-refractivity contribution in [1.82, 2.24) is 0 Å². The molecule has 5 heteroatoms. The fraction of sp³-hybridized carbons (Fsp3) is 0.462. The summed E-state index contributed by atoms with van der Waals surface area (Å²) in [5.74, 6) is -2.66. The molecule has 1 aliphatic heterocycles. The van der Waals surface area contributed by atoms with Crippen molar-refractivity contribution in [2.45, 2.75) is 26.1 Å². The van der Waals surface area contributed by atoms with Crippen molar-refractivity contribution in [3.63, 3.8) is 0 Å². The zero-order valence-electron chi connectivity index (χ0n) is 10.1. The molecule has 1 heterocycles. The quantitative estimate of drug-likeness (QED) is 0.408. The Kier molecular flexibility index (Phi) is 2.94. The predicted octanol–water partition coefficient (Wildman–Crippen LogP) is 0.179. The molecule has 1 saturated heterocycles. The van der Waals surface area contributed by atoms with Crippen molar-refractivity contribution in [3.8, 4) is 0 Å². The Labute approximate surface area is 104 Å². The Bertz CT molecular complexity index is 476. The monoisotopic (exact) mass is 250 g/mol. The molecule has 1 aliphatic carbocycles. The first-order chi connectivity index (χ1) is 8.46. The molecule has 0 aromatic heterocycles. The summed E-state index contributed by atoms with van der Waals surface area (Å²) in [6.45, 7) is 3.18. The molecule has 18 heavy (non-hydrogen) atoms. The van der Waals surface area contributed by atoms with E-state index in [9.17, 15) is 19.5 Å². The molecule has 2 rings (SSSR count). The SMILES string of the molecule is C/C=C\[C@H]1C=CC(=O)[C@@H](O)[C@@]12C(=O)O[C@H](C)C2=O. The fourth-order valence-electron chi connectivity index (χ4n) is 2.57. The molecule has 0 saturated carbocycles. The van der Waals surface area contributed by atoms with Gasteiger partial charge in [-0.1, -0.05) is 18.2 Å². The molecule has 0 radical (unpaired) electrons. The van der Waals surface area contributed by atoms with Crippen LogP contribution >= 0.6 is 0 Å². The first-order valence-electron chi connectivity index (χ1n) is 5.74. The number of hydrogen-bond donors (Lipinski definition) is 1. The van der Waals surface area contributed by atoms with Crippen LogP contribution in [0.3, 0.4) is 0 Å². The van der Waals surface area contributed by atoms with E-state index < -0.39 is 41.1 Å². The minimum Gasteiger partial charge on any atom is -0.454 e. The van der Waals surface area contributed by atoms with Gasteiger partial charge in [0.2, 0.25) is 0 Å². The highest BCUT2D eigenvalue weighted by atomic mass is 16.6. The second kappa shape index (κ2) is 4.17. The molecular formula is C13H14O5.